The molecule has 2 rings (SSSR count). The Morgan fingerprint density at radius 3 is 2.65 bits per heavy atom. The number of hydrogen-bond donors (Lipinski definition) is 1. The molecule has 0 radical (unpaired) electrons. The van der Waals surface area contributed by atoms with E-state index in [0.717, 1.165) is 0 Å². The van der Waals surface area contributed by atoms with Crippen LogP contribution in [0.1, 0.15) is 25.7 Å². The van der Waals surface area contributed by atoms with Gasteiger partial charge in [0.1, 0.15) is 0 Å². The van der Waals surface area contributed by atoms with Gasteiger partial charge in [-0.1, -0.05) is 0 Å². The topological polar surface area (TPSA) is 92.8 Å². The lowest BCUT2D eigenvalue weighted by Crippen LogP contribution is -2.33. The molecule has 2 saturated heterocycles. The highest BCUT2D eigenvalue weighted by Crippen LogP contribution is 2.28. The molecule has 2 atom stereocenters. The monoisotopic (exact) mass is 304 g/mol. The maximum Gasteiger partial charge on any atom is 0.306 e. The molecule has 0 aromatic rings. The summed E-state index contributed by atoms with van der Waals surface area (Å²) in [7, 11) is -1.92. The molecule has 8 heteroatoms. The van der Waals surface area contributed by atoms with Gasteiger partial charge in [0.15, 0.2) is 0 Å². The second kappa shape index (κ2) is 6.09. The summed E-state index contributed by atoms with van der Waals surface area (Å²) in [6.45, 7) is 1.46. The van der Waals surface area contributed by atoms with E-state index in [-0.39, 0.29) is 29.9 Å². The van der Waals surface area contributed by atoms with Crippen LogP contribution in [0.5, 0.6) is 0 Å². The number of esters is 1. The van der Waals surface area contributed by atoms with Gasteiger partial charge in [-0.05, 0) is 18.8 Å². The van der Waals surface area contributed by atoms with Crippen LogP contribution in [0.2, 0.25) is 0 Å². The molecule has 0 aromatic carbocycles. The highest BCUT2D eigenvalue weighted by Gasteiger charge is 2.41. The number of carbonyl (C=O) groups is 2. The molecular weight excluding hydrogens is 284 g/mol. The SMILES string of the molecule is COC(=O)CCC(=O)N1CC[C@@H]2CNS(=O)(=O)[C@@H]2CC1. The third-order valence-electron chi connectivity index (χ3n) is 4.05. The zero-order chi connectivity index (χ0) is 14.8. The minimum atomic E-state index is -3.21. The molecule has 0 aliphatic carbocycles. The van der Waals surface area contributed by atoms with Crippen molar-refractivity contribution >= 4 is 21.9 Å². The van der Waals surface area contributed by atoms with Gasteiger partial charge < -0.3 is 9.64 Å². The normalized spacial score (nSPS) is 28.6. The van der Waals surface area contributed by atoms with Crippen molar-refractivity contribution in [2.24, 2.45) is 5.92 Å². The summed E-state index contributed by atoms with van der Waals surface area (Å²) in [5, 5.41) is -0.388. The third kappa shape index (κ3) is 3.29. The molecule has 0 bridgehead atoms. The highest BCUT2D eigenvalue weighted by molar-refractivity contribution is 7.90. The van der Waals surface area contributed by atoms with Crippen molar-refractivity contribution in [2.75, 3.05) is 26.7 Å². The molecule has 114 valence electrons. The second-order valence-electron chi connectivity index (χ2n) is 5.23. The van der Waals surface area contributed by atoms with Gasteiger partial charge in [-0.15, -0.1) is 0 Å². The first-order chi connectivity index (χ1) is 9.44. The molecule has 20 heavy (non-hydrogen) atoms. The van der Waals surface area contributed by atoms with Crippen molar-refractivity contribution in [2.45, 2.75) is 30.9 Å². The average Bonchev–Trinajstić information content (AvgIpc) is 2.61. The second-order valence-corrected chi connectivity index (χ2v) is 7.21. The quantitative estimate of drug-likeness (QED) is 0.708. The lowest BCUT2D eigenvalue weighted by molar-refractivity contribution is -0.143. The Bertz CT molecular complexity index is 490. The molecule has 2 fully saturated rings. The minimum absolute atomic E-state index is 0.0680. The van der Waals surface area contributed by atoms with Gasteiger partial charge in [0, 0.05) is 26.1 Å². The molecule has 1 amide bonds. The lowest BCUT2D eigenvalue weighted by Gasteiger charge is -2.20. The molecule has 7 nitrogen and oxygen atoms in total. The summed E-state index contributed by atoms with van der Waals surface area (Å²) in [6.07, 6.45) is 1.33. The smallest absolute Gasteiger partial charge is 0.306 e. The Balaban J connectivity index is 1.90. The van der Waals surface area contributed by atoms with Gasteiger partial charge in [-0.2, -0.15) is 0 Å². The first kappa shape index (κ1) is 15.2. The fraction of sp³-hybridized carbons (Fsp3) is 0.833. The van der Waals surface area contributed by atoms with Crippen LogP contribution in [-0.2, 0) is 24.3 Å². The van der Waals surface area contributed by atoms with Crippen LogP contribution in [0.4, 0.5) is 0 Å². The zero-order valence-corrected chi connectivity index (χ0v) is 12.3. The summed E-state index contributed by atoms with van der Waals surface area (Å²) in [6, 6.07) is 0. The fourth-order valence-corrected chi connectivity index (χ4v) is 4.64. The van der Waals surface area contributed by atoms with Gasteiger partial charge in [0.25, 0.3) is 0 Å². The molecule has 2 heterocycles. The van der Waals surface area contributed by atoms with E-state index < -0.39 is 16.0 Å². The van der Waals surface area contributed by atoms with Crippen LogP contribution in [0.3, 0.4) is 0 Å². The number of amides is 1. The van der Waals surface area contributed by atoms with Crippen LogP contribution in [0.15, 0.2) is 0 Å². The van der Waals surface area contributed by atoms with Crippen molar-refractivity contribution in [1.82, 2.24) is 9.62 Å². The van der Waals surface area contributed by atoms with E-state index >= 15 is 0 Å². The van der Waals surface area contributed by atoms with Crippen LogP contribution >= 0.6 is 0 Å². The molecule has 0 unspecified atom stereocenters. The van der Waals surface area contributed by atoms with E-state index in [0.29, 0.717) is 32.5 Å². The van der Waals surface area contributed by atoms with Gasteiger partial charge in [-0.3, -0.25) is 9.59 Å². The van der Waals surface area contributed by atoms with E-state index in [4.69, 9.17) is 0 Å². The number of likely N-dealkylation sites (tertiary alicyclic amines) is 1. The third-order valence-corrected chi connectivity index (χ3v) is 6.03. The number of fused-ring (bicyclic) bond motifs is 1. The predicted octanol–water partition coefficient (Wildman–Crippen LogP) is -0.520. The Morgan fingerprint density at radius 1 is 1.25 bits per heavy atom. The summed E-state index contributed by atoms with van der Waals surface area (Å²) in [5.41, 5.74) is 0. The maximum atomic E-state index is 12.0. The van der Waals surface area contributed by atoms with Gasteiger partial charge >= 0.3 is 5.97 Å². The van der Waals surface area contributed by atoms with Gasteiger partial charge in [-0.25, -0.2) is 13.1 Å². The van der Waals surface area contributed by atoms with Crippen LogP contribution in [-0.4, -0.2) is 57.2 Å². The summed E-state index contributed by atoms with van der Waals surface area (Å²) < 4.78 is 30.7. The van der Waals surface area contributed by atoms with Crippen molar-refractivity contribution in [3.05, 3.63) is 0 Å². The van der Waals surface area contributed by atoms with Crippen molar-refractivity contribution < 1.29 is 22.7 Å². The van der Waals surface area contributed by atoms with Crippen molar-refractivity contribution in [3.63, 3.8) is 0 Å². The van der Waals surface area contributed by atoms with Crippen LogP contribution in [0.25, 0.3) is 0 Å². The summed E-state index contributed by atoms with van der Waals surface area (Å²) >= 11 is 0. The lowest BCUT2D eigenvalue weighted by atomic mass is 10.0. The number of hydrogen-bond acceptors (Lipinski definition) is 5. The summed E-state index contributed by atoms with van der Waals surface area (Å²) in [4.78, 5) is 24.7. The van der Waals surface area contributed by atoms with E-state index in [1.54, 1.807) is 4.90 Å². The van der Waals surface area contributed by atoms with Crippen LogP contribution in [0, 0.1) is 5.92 Å². The molecule has 1 N–H and O–H groups in total. The molecule has 0 aromatic heterocycles. The van der Waals surface area contributed by atoms with E-state index in [1.807, 2.05) is 0 Å². The van der Waals surface area contributed by atoms with Gasteiger partial charge in [0.05, 0.1) is 18.8 Å². The van der Waals surface area contributed by atoms with E-state index in [9.17, 15) is 18.0 Å². The van der Waals surface area contributed by atoms with E-state index in [1.165, 1.54) is 7.11 Å². The molecule has 0 saturated carbocycles. The molecular formula is C12H20N2O5S. The van der Waals surface area contributed by atoms with Crippen LogP contribution < -0.4 is 4.72 Å². The number of nitrogens with zero attached hydrogens (tertiary/aromatic N) is 1. The zero-order valence-electron chi connectivity index (χ0n) is 11.5. The number of nitrogens with one attached hydrogen (secondary N) is 1. The Labute approximate surface area is 118 Å². The highest BCUT2D eigenvalue weighted by atomic mass is 32.2. The Morgan fingerprint density at radius 2 is 1.95 bits per heavy atom. The molecule has 2 aliphatic rings. The first-order valence-electron chi connectivity index (χ1n) is 6.77. The molecule has 0 spiro atoms. The predicted molar refractivity (Wildman–Crippen MR) is 71.3 cm³/mol. The first-order valence-corrected chi connectivity index (χ1v) is 8.31. The Hall–Kier alpha value is -1.15. The van der Waals surface area contributed by atoms with E-state index in [2.05, 4.69) is 9.46 Å². The van der Waals surface area contributed by atoms with Crippen molar-refractivity contribution in [1.29, 1.82) is 0 Å². The summed E-state index contributed by atoms with van der Waals surface area (Å²) in [5.74, 6) is -0.434. The fourth-order valence-electron chi connectivity index (χ4n) is 2.83. The standard InChI is InChI=1S/C12H20N2O5S/c1-19-12(16)3-2-11(15)14-6-4-9-8-13-20(17,18)10(9)5-7-14/h9-10,13H,2-8H2,1H3/t9-,10-/m1/s1. The number of rotatable bonds is 3. The molecule has 2 aliphatic heterocycles. The van der Waals surface area contributed by atoms with Gasteiger partial charge in [0.2, 0.25) is 15.9 Å². The Kier molecular flexibility index (Phi) is 4.64. The number of carbonyl (C=O) groups excluding carboxylic acids is 2. The minimum Gasteiger partial charge on any atom is -0.469 e. The number of methoxy groups -OCH3 is 1. The number of ether oxygens (including phenoxy) is 1. The largest absolute Gasteiger partial charge is 0.469 e. The van der Waals surface area contributed by atoms with Crippen molar-refractivity contribution in [3.8, 4) is 0 Å². The average molecular weight is 304 g/mol. The number of sulfonamides is 1. The maximum absolute atomic E-state index is 12.0.